The summed E-state index contributed by atoms with van der Waals surface area (Å²) in [6.45, 7) is 5.53. The van der Waals surface area contributed by atoms with Crippen LogP contribution in [0.4, 0.5) is 0 Å². The summed E-state index contributed by atoms with van der Waals surface area (Å²) in [7, 11) is 0. The summed E-state index contributed by atoms with van der Waals surface area (Å²) in [5.41, 5.74) is 7.92. The van der Waals surface area contributed by atoms with Gasteiger partial charge >= 0.3 is 0 Å². The van der Waals surface area contributed by atoms with E-state index in [0.717, 1.165) is 17.7 Å². The van der Waals surface area contributed by atoms with Crippen molar-refractivity contribution < 1.29 is 9.84 Å². The maximum Gasteiger partial charge on any atom is 0.126 e. The summed E-state index contributed by atoms with van der Waals surface area (Å²) in [6, 6.07) is 3.78. The van der Waals surface area contributed by atoms with Crippen LogP contribution in [0.15, 0.2) is 12.1 Å². The van der Waals surface area contributed by atoms with E-state index >= 15 is 0 Å². The highest BCUT2D eigenvalue weighted by molar-refractivity contribution is 5.49. The van der Waals surface area contributed by atoms with Crippen molar-refractivity contribution in [3.63, 3.8) is 0 Å². The maximum absolute atomic E-state index is 9.99. The largest absolute Gasteiger partial charge is 0.508 e. The van der Waals surface area contributed by atoms with Gasteiger partial charge in [-0.05, 0) is 29.7 Å². The van der Waals surface area contributed by atoms with Crippen molar-refractivity contribution >= 4 is 0 Å². The van der Waals surface area contributed by atoms with Crippen molar-refractivity contribution in [3.8, 4) is 11.5 Å². The second-order valence-electron chi connectivity index (χ2n) is 4.70. The van der Waals surface area contributed by atoms with Crippen LogP contribution in [-0.2, 0) is 6.42 Å². The molecule has 16 heavy (non-hydrogen) atoms. The van der Waals surface area contributed by atoms with Gasteiger partial charge in [-0.2, -0.15) is 0 Å². The smallest absolute Gasteiger partial charge is 0.126 e. The normalized spacial score (nSPS) is 16.0. The Hall–Kier alpha value is -1.22. The van der Waals surface area contributed by atoms with Crippen molar-refractivity contribution in [3.05, 3.63) is 23.3 Å². The van der Waals surface area contributed by atoms with E-state index in [0.29, 0.717) is 24.8 Å². The average Bonchev–Trinajstić information content (AvgIpc) is 2.65. The van der Waals surface area contributed by atoms with E-state index in [1.165, 1.54) is 5.56 Å². The number of phenolic OH excluding ortho intramolecular Hbond substituents is 1. The molecule has 1 aromatic rings. The Morgan fingerprint density at radius 2 is 2.19 bits per heavy atom. The van der Waals surface area contributed by atoms with Crippen LogP contribution in [0.2, 0.25) is 0 Å². The van der Waals surface area contributed by atoms with Gasteiger partial charge in [-0.25, -0.2) is 0 Å². The molecule has 0 aromatic heterocycles. The van der Waals surface area contributed by atoms with Crippen LogP contribution >= 0.6 is 0 Å². The summed E-state index contributed by atoms with van der Waals surface area (Å²) in [5, 5.41) is 9.99. The van der Waals surface area contributed by atoms with Crippen molar-refractivity contribution in [2.45, 2.75) is 26.2 Å². The number of fused-ring (bicyclic) bond motifs is 1. The van der Waals surface area contributed by atoms with Gasteiger partial charge in [0.05, 0.1) is 6.61 Å². The molecule has 1 aliphatic heterocycles. The summed E-state index contributed by atoms with van der Waals surface area (Å²) in [5.74, 6) is 1.77. The SMILES string of the molecule is CC(C)C(CN)c1cc2c(cc1O)OCC2. The fraction of sp³-hybridized carbons (Fsp3) is 0.538. The molecule has 3 heteroatoms. The summed E-state index contributed by atoms with van der Waals surface area (Å²) >= 11 is 0. The Morgan fingerprint density at radius 1 is 1.44 bits per heavy atom. The van der Waals surface area contributed by atoms with E-state index in [2.05, 4.69) is 19.9 Å². The number of hydrogen-bond donors (Lipinski definition) is 2. The van der Waals surface area contributed by atoms with Gasteiger partial charge in [0.15, 0.2) is 0 Å². The van der Waals surface area contributed by atoms with Crippen LogP contribution in [0.5, 0.6) is 11.5 Å². The molecule has 0 saturated carbocycles. The fourth-order valence-electron chi connectivity index (χ4n) is 2.29. The third kappa shape index (κ3) is 1.87. The van der Waals surface area contributed by atoms with Crippen LogP contribution in [-0.4, -0.2) is 18.3 Å². The first-order chi connectivity index (χ1) is 7.63. The minimum atomic E-state index is 0.214. The fourth-order valence-corrected chi connectivity index (χ4v) is 2.29. The van der Waals surface area contributed by atoms with E-state index < -0.39 is 0 Å². The third-order valence-corrected chi connectivity index (χ3v) is 3.30. The average molecular weight is 221 g/mol. The number of benzene rings is 1. The first kappa shape index (κ1) is 11.3. The van der Waals surface area contributed by atoms with E-state index in [1.807, 2.05) is 0 Å². The second-order valence-corrected chi connectivity index (χ2v) is 4.70. The molecule has 0 amide bonds. The van der Waals surface area contributed by atoms with E-state index in [4.69, 9.17) is 10.5 Å². The number of rotatable bonds is 3. The Bertz CT molecular complexity index is 388. The van der Waals surface area contributed by atoms with Crippen molar-refractivity contribution in [1.29, 1.82) is 0 Å². The van der Waals surface area contributed by atoms with Gasteiger partial charge < -0.3 is 15.6 Å². The predicted molar refractivity (Wildman–Crippen MR) is 63.9 cm³/mol. The summed E-state index contributed by atoms with van der Waals surface area (Å²) in [4.78, 5) is 0. The molecule has 0 aliphatic carbocycles. The molecule has 1 heterocycles. The van der Waals surface area contributed by atoms with Crippen LogP contribution in [0.25, 0.3) is 0 Å². The number of phenols is 1. The zero-order valence-electron chi connectivity index (χ0n) is 9.86. The van der Waals surface area contributed by atoms with Crippen molar-refractivity contribution in [2.24, 2.45) is 11.7 Å². The molecule has 3 N–H and O–H groups in total. The number of hydrogen-bond acceptors (Lipinski definition) is 3. The van der Waals surface area contributed by atoms with Crippen LogP contribution in [0, 0.1) is 5.92 Å². The minimum Gasteiger partial charge on any atom is -0.508 e. The molecular weight excluding hydrogens is 202 g/mol. The van der Waals surface area contributed by atoms with E-state index in [-0.39, 0.29) is 5.92 Å². The van der Waals surface area contributed by atoms with Gasteiger partial charge in [0, 0.05) is 18.4 Å². The van der Waals surface area contributed by atoms with Gasteiger partial charge in [0.2, 0.25) is 0 Å². The van der Waals surface area contributed by atoms with Gasteiger partial charge in [0.25, 0.3) is 0 Å². The highest BCUT2D eigenvalue weighted by atomic mass is 16.5. The van der Waals surface area contributed by atoms with Crippen LogP contribution in [0.1, 0.15) is 30.9 Å². The van der Waals surface area contributed by atoms with Crippen molar-refractivity contribution in [1.82, 2.24) is 0 Å². The van der Waals surface area contributed by atoms with Gasteiger partial charge in [-0.15, -0.1) is 0 Å². The molecule has 1 atom stereocenters. The first-order valence-corrected chi connectivity index (χ1v) is 5.82. The summed E-state index contributed by atoms with van der Waals surface area (Å²) < 4.78 is 5.42. The highest BCUT2D eigenvalue weighted by Crippen LogP contribution is 2.37. The molecule has 1 unspecified atom stereocenters. The lowest BCUT2D eigenvalue weighted by Crippen LogP contribution is -2.18. The molecule has 3 nitrogen and oxygen atoms in total. The number of aromatic hydroxyl groups is 1. The molecule has 0 fully saturated rings. The Kier molecular flexibility index (Phi) is 3.06. The lowest BCUT2D eigenvalue weighted by atomic mass is 9.87. The molecule has 2 rings (SSSR count). The summed E-state index contributed by atoms with van der Waals surface area (Å²) in [6.07, 6.45) is 0.929. The molecule has 0 bridgehead atoms. The maximum atomic E-state index is 9.99. The number of nitrogens with two attached hydrogens (primary N) is 1. The van der Waals surface area contributed by atoms with Gasteiger partial charge in [-0.3, -0.25) is 0 Å². The lowest BCUT2D eigenvalue weighted by molar-refractivity contribution is 0.354. The van der Waals surface area contributed by atoms with E-state index in [1.54, 1.807) is 6.07 Å². The van der Waals surface area contributed by atoms with Crippen LogP contribution in [0.3, 0.4) is 0 Å². The van der Waals surface area contributed by atoms with Crippen molar-refractivity contribution in [2.75, 3.05) is 13.2 Å². The lowest BCUT2D eigenvalue weighted by Gasteiger charge is -2.21. The molecule has 1 aliphatic rings. The highest BCUT2D eigenvalue weighted by Gasteiger charge is 2.22. The van der Waals surface area contributed by atoms with Crippen LogP contribution < -0.4 is 10.5 Å². The third-order valence-electron chi connectivity index (χ3n) is 3.30. The topological polar surface area (TPSA) is 55.5 Å². The Balaban J connectivity index is 2.40. The minimum absolute atomic E-state index is 0.214. The first-order valence-electron chi connectivity index (χ1n) is 5.82. The quantitative estimate of drug-likeness (QED) is 0.821. The zero-order valence-corrected chi connectivity index (χ0v) is 9.86. The molecule has 88 valence electrons. The zero-order chi connectivity index (χ0) is 11.7. The van der Waals surface area contributed by atoms with Gasteiger partial charge in [-0.1, -0.05) is 13.8 Å². The standard InChI is InChI=1S/C13H19NO2/c1-8(2)11(7-14)10-5-9-3-4-16-13(9)6-12(10)15/h5-6,8,11,15H,3-4,7,14H2,1-2H3. The molecule has 0 radical (unpaired) electrons. The molecule has 0 spiro atoms. The molecular formula is C13H19NO2. The van der Waals surface area contributed by atoms with E-state index in [9.17, 15) is 5.11 Å². The molecule has 1 aromatic carbocycles. The molecule has 0 saturated heterocycles. The Morgan fingerprint density at radius 3 is 2.81 bits per heavy atom. The number of ether oxygens (including phenoxy) is 1. The Labute approximate surface area is 96.2 Å². The predicted octanol–water partition coefficient (Wildman–Crippen LogP) is 2.03. The second kappa shape index (κ2) is 4.34. The van der Waals surface area contributed by atoms with Gasteiger partial charge in [0.1, 0.15) is 11.5 Å². The monoisotopic (exact) mass is 221 g/mol.